The lowest BCUT2D eigenvalue weighted by Crippen LogP contribution is -2.12. The molecule has 0 fully saturated rings. The fourth-order valence-corrected chi connectivity index (χ4v) is 2.63. The number of rotatable bonds is 3. The van der Waals surface area contributed by atoms with Crippen LogP contribution in [0.2, 0.25) is 0 Å². The predicted octanol–water partition coefficient (Wildman–Crippen LogP) is 0.701. The molecule has 0 saturated heterocycles. The Labute approximate surface area is 119 Å². The molecule has 104 valence electrons. The van der Waals surface area contributed by atoms with Crippen molar-refractivity contribution >= 4 is 27.7 Å². The van der Waals surface area contributed by atoms with E-state index in [9.17, 15) is 4.79 Å². The third kappa shape index (κ3) is 2.07. The highest BCUT2D eigenvalue weighted by Gasteiger charge is 2.11. The highest BCUT2D eigenvalue weighted by molar-refractivity contribution is 7.09. The molecule has 7 nitrogen and oxygen atoms in total. The maximum atomic E-state index is 11.8. The van der Waals surface area contributed by atoms with Crippen LogP contribution in [0.1, 0.15) is 5.82 Å². The quantitative estimate of drug-likeness (QED) is 0.710. The molecule has 0 spiro atoms. The lowest BCUT2D eigenvalue weighted by molar-refractivity contribution is 0.712. The molecule has 0 atom stereocenters. The number of aryl methyl sites for hydroxylation is 1. The van der Waals surface area contributed by atoms with E-state index in [4.69, 9.17) is 0 Å². The number of pyridine rings is 1. The zero-order valence-electron chi connectivity index (χ0n) is 11.4. The Bertz CT molecular complexity index is 815. The van der Waals surface area contributed by atoms with Gasteiger partial charge in [-0.1, -0.05) is 0 Å². The van der Waals surface area contributed by atoms with Crippen LogP contribution in [0.15, 0.2) is 23.3 Å². The number of nitrogens with zero attached hydrogens (tertiary/aromatic N) is 6. The maximum absolute atomic E-state index is 11.8. The Morgan fingerprint density at radius 1 is 1.40 bits per heavy atom. The predicted molar refractivity (Wildman–Crippen MR) is 78.3 cm³/mol. The third-order valence-electron chi connectivity index (χ3n) is 3.00. The summed E-state index contributed by atoms with van der Waals surface area (Å²) in [5.74, 6) is 0.727. The van der Waals surface area contributed by atoms with Gasteiger partial charge in [-0.05, 0) is 0 Å². The molecule has 3 aromatic rings. The first kappa shape index (κ1) is 12.8. The Balaban J connectivity index is 2.04. The minimum absolute atomic E-state index is 0.0235. The van der Waals surface area contributed by atoms with Crippen LogP contribution in [0.25, 0.3) is 11.0 Å². The summed E-state index contributed by atoms with van der Waals surface area (Å²) in [6.45, 7) is 0.515. The van der Waals surface area contributed by atoms with Gasteiger partial charge in [0.1, 0.15) is 5.65 Å². The smallest absolute Gasteiger partial charge is 0.204 e. The molecule has 0 radical (unpaired) electrons. The van der Waals surface area contributed by atoms with Crippen LogP contribution in [-0.4, -0.2) is 37.8 Å². The van der Waals surface area contributed by atoms with E-state index < -0.39 is 0 Å². The summed E-state index contributed by atoms with van der Waals surface area (Å²) in [7, 11) is 5.68. The first-order valence-corrected chi connectivity index (χ1v) is 6.84. The van der Waals surface area contributed by atoms with Gasteiger partial charge in [-0.2, -0.15) is 9.47 Å². The van der Waals surface area contributed by atoms with Crippen LogP contribution in [0, 0.1) is 0 Å². The van der Waals surface area contributed by atoms with Gasteiger partial charge in [0, 0.05) is 44.9 Å². The van der Waals surface area contributed by atoms with Crippen molar-refractivity contribution in [2.24, 2.45) is 7.05 Å². The molecule has 0 amide bonds. The normalized spacial score (nSPS) is 11.2. The van der Waals surface area contributed by atoms with Crippen molar-refractivity contribution < 1.29 is 0 Å². The van der Waals surface area contributed by atoms with Crippen molar-refractivity contribution in [1.29, 1.82) is 0 Å². The zero-order chi connectivity index (χ0) is 14.3. The lowest BCUT2D eigenvalue weighted by Gasteiger charge is -2.07. The minimum Gasteiger partial charge on any atom is -0.353 e. The number of anilines is 1. The molecule has 3 heterocycles. The van der Waals surface area contributed by atoms with Crippen LogP contribution in [-0.2, 0) is 13.6 Å². The van der Waals surface area contributed by atoms with Crippen LogP contribution < -0.4 is 10.3 Å². The Hall–Kier alpha value is -2.22. The van der Waals surface area contributed by atoms with Gasteiger partial charge in [0.2, 0.25) is 5.13 Å². The SMILES string of the molecule is CN(C)c1nc(Cn2ccc(=O)c3cnn(C)c32)ns1. The molecule has 3 aromatic heterocycles. The van der Waals surface area contributed by atoms with Crippen LogP contribution in [0.4, 0.5) is 5.13 Å². The summed E-state index contributed by atoms with van der Waals surface area (Å²) in [6, 6.07) is 1.54. The second kappa shape index (κ2) is 4.71. The fraction of sp³-hybridized carbons (Fsp3) is 0.333. The van der Waals surface area contributed by atoms with E-state index in [1.165, 1.54) is 11.5 Å². The van der Waals surface area contributed by atoms with E-state index in [0.717, 1.165) is 16.6 Å². The van der Waals surface area contributed by atoms with Crippen LogP contribution in [0.5, 0.6) is 0 Å². The summed E-state index contributed by atoms with van der Waals surface area (Å²) >= 11 is 1.36. The van der Waals surface area contributed by atoms with Gasteiger partial charge in [0.25, 0.3) is 0 Å². The van der Waals surface area contributed by atoms with E-state index in [1.54, 1.807) is 23.1 Å². The second-order valence-corrected chi connectivity index (χ2v) is 5.43. The summed E-state index contributed by atoms with van der Waals surface area (Å²) < 4.78 is 7.96. The van der Waals surface area contributed by atoms with Crippen LogP contribution >= 0.6 is 11.5 Å². The van der Waals surface area contributed by atoms with Gasteiger partial charge in [-0.15, -0.1) is 0 Å². The molecule has 0 bridgehead atoms. The monoisotopic (exact) mass is 290 g/mol. The van der Waals surface area contributed by atoms with Gasteiger partial charge in [-0.3, -0.25) is 9.48 Å². The molecule has 20 heavy (non-hydrogen) atoms. The summed E-state index contributed by atoms with van der Waals surface area (Å²) in [5.41, 5.74) is 0.753. The number of fused-ring (bicyclic) bond motifs is 1. The number of hydrogen-bond donors (Lipinski definition) is 0. The highest BCUT2D eigenvalue weighted by atomic mass is 32.1. The van der Waals surface area contributed by atoms with E-state index in [0.29, 0.717) is 11.9 Å². The van der Waals surface area contributed by atoms with Crippen molar-refractivity contribution in [1.82, 2.24) is 23.7 Å². The molecule has 0 aromatic carbocycles. The standard InChI is InChI=1S/C12H14N6OS/c1-16(2)12-14-10(15-20-12)7-18-5-4-9(19)8-6-13-17(3)11(8)18/h4-6H,7H2,1-3H3. The van der Waals surface area contributed by atoms with Gasteiger partial charge in [0.15, 0.2) is 11.3 Å². The number of hydrogen-bond acceptors (Lipinski definition) is 6. The Morgan fingerprint density at radius 2 is 2.20 bits per heavy atom. The number of aromatic nitrogens is 5. The van der Waals surface area contributed by atoms with Crippen molar-refractivity contribution in [2.75, 3.05) is 19.0 Å². The summed E-state index contributed by atoms with van der Waals surface area (Å²) in [6.07, 6.45) is 3.34. The molecule has 0 N–H and O–H groups in total. The van der Waals surface area contributed by atoms with Crippen molar-refractivity contribution in [3.63, 3.8) is 0 Å². The van der Waals surface area contributed by atoms with Crippen molar-refractivity contribution in [3.8, 4) is 0 Å². The van der Waals surface area contributed by atoms with E-state index in [-0.39, 0.29) is 5.43 Å². The first-order valence-electron chi connectivity index (χ1n) is 6.07. The average Bonchev–Trinajstić information content (AvgIpc) is 3.01. The second-order valence-electron chi connectivity index (χ2n) is 4.70. The van der Waals surface area contributed by atoms with Crippen molar-refractivity contribution in [2.45, 2.75) is 6.54 Å². The van der Waals surface area contributed by atoms with Gasteiger partial charge in [0.05, 0.1) is 18.1 Å². The fourth-order valence-electron chi connectivity index (χ4n) is 2.03. The molecule has 3 rings (SSSR count). The van der Waals surface area contributed by atoms with Crippen LogP contribution in [0.3, 0.4) is 0 Å². The topological polar surface area (TPSA) is 68.8 Å². The minimum atomic E-state index is -0.0235. The maximum Gasteiger partial charge on any atom is 0.204 e. The van der Waals surface area contributed by atoms with E-state index >= 15 is 0 Å². The molecule has 8 heteroatoms. The third-order valence-corrected chi connectivity index (χ3v) is 3.92. The van der Waals surface area contributed by atoms with Gasteiger partial charge >= 0.3 is 0 Å². The van der Waals surface area contributed by atoms with Crippen molar-refractivity contribution in [3.05, 3.63) is 34.5 Å². The molecular weight excluding hydrogens is 276 g/mol. The first-order chi connectivity index (χ1) is 9.56. The Kier molecular flexibility index (Phi) is 3.01. The molecule has 0 aliphatic heterocycles. The van der Waals surface area contributed by atoms with E-state index in [1.807, 2.05) is 30.6 Å². The Morgan fingerprint density at radius 3 is 2.90 bits per heavy atom. The largest absolute Gasteiger partial charge is 0.353 e. The highest BCUT2D eigenvalue weighted by Crippen LogP contribution is 2.16. The average molecular weight is 290 g/mol. The molecule has 0 unspecified atom stereocenters. The molecule has 0 saturated carbocycles. The zero-order valence-corrected chi connectivity index (χ0v) is 12.3. The summed E-state index contributed by atoms with van der Waals surface area (Å²) in [5, 5.41) is 5.61. The molecule has 0 aliphatic carbocycles. The van der Waals surface area contributed by atoms with E-state index in [2.05, 4.69) is 14.5 Å². The van der Waals surface area contributed by atoms with Gasteiger partial charge < -0.3 is 9.47 Å². The molecule has 0 aliphatic rings. The molecular formula is C12H14N6OS. The van der Waals surface area contributed by atoms with Gasteiger partial charge in [-0.25, -0.2) is 4.98 Å². The lowest BCUT2D eigenvalue weighted by atomic mass is 10.3. The summed E-state index contributed by atoms with van der Waals surface area (Å²) in [4.78, 5) is 18.2.